The predicted molar refractivity (Wildman–Crippen MR) is 113 cm³/mol. The topological polar surface area (TPSA) is 106 Å². The Hall–Kier alpha value is -3.13. The maximum absolute atomic E-state index is 12.0. The van der Waals surface area contributed by atoms with Gasteiger partial charge in [-0.1, -0.05) is 48.5 Å². The van der Waals surface area contributed by atoms with E-state index in [-0.39, 0.29) is 11.9 Å². The van der Waals surface area contributed by atoms with Crippen molar-refractivity contribution in [1.29, 1.82) is 0 Å². The molecular formula is C20H22N6OS. The third kappa shape index (κ3) is 5.95. The summed E-state index contributed by atoms with van der Waals surface area (Å²) in [6.07, 6.45) is 0. The van der Waals surface area contributed by atoms with E-state index in [0.717, 1.165) is 16.8 Å². The molecule has 0 saturated heterocycles. The molecule has 0 bridgehead atoms. The lowest BCUT2D eigenvalue weighted by molar-refractivity contribution is -0.118. The molecule has 0 fully saturated rings. The zero-order valence-corrected chi connectivity index (χ0v) is 16.4. The van der Waals surface area contributed by atoms with Crippen molar-refractivity contribution < 1.29 is 4.79 Å². The smallest absolute Gasteiger partial charge is 0.232 e. The Kier molecular flexibility index (Phi) is 6.80. The highest BCUT2D eigenvalue weighted by Gasteiger charge is 2.08. The van der Waals surface area contributed by atoms with E-state index < -0.39 is 0 Å². The zero-order chi connectivity index (χ0) is 19.8. The molecule has 28 heavy (non-hydrogen) atoms. The maximum atomic E-state index is 12.0. The molecule has 7 nitrogen and oxygen atoms in total. The molecule has 3 rings (SSSR count). The van der Waals surface area contributed by atoms with Gasteiger partial charge in [-0.05, 0) is 24.1 Å². The minimum absolute atomic E-state index is 0.0332. The molecule has 144 valence electrons. The molecule has 0 radical (unpaired) electrons. The summed E-state index contributed by atoms with van der Waals surface area (Å²) in [6, 6.07) is 17.6. The van der Waals surface area contributed by atoms with Crippen LogP contribution in [-0.2, 0) is 17.1 Å². The number of nitrogens with two attached hydrogens (primary N) is 1. The summed E-state index contributed by atoms with van der Waals surface area (Å²) in [6.45, 7) is 2.52. The lowest BCUT2D eigenvalue weighted by Gasteiger charge is -2.09. The molecule has 0 aliphatic heterocycles. The molecule has 1 heterocycles. The second-order valence-electron chi connectivity index (χ2n) is 6.13. The number of nitrogens with one attached hydrogen (secondary N) is 2. The van der Waals surface area contributed by atoms with E-state index >= 15 is 0 Å². The summed E-state index contributed by atoms with van der Waals surface area (Å²) in [5.74, 6) is 1.83. The summed E-state index contributed by atoms with van der Waals surface area (Å²) in [4.78, 5) is 24.7. The molecule has 0 spiro atoms. The van der Waals surface area contributed by atoms with Crippen LogP contribution < -0.4 is 16.4 Å². The minimum Gasteiger partial charge on any atom is -0.368 e. The van der Waals surface area contributed by atoms with E-state index in [2.05, 4.69) is 25.6 Å². The van der Waals surface area contributed by atoms with Gasteiger partial charge in [-0.3, -0.25) is 4.79 Å². The molecule has 8 heteroatoms. The van der Waals surface area contributed by atoms with Crippen molar-refractivity contribution in [2.45, 2.75) is 19.2 Å². The number of anilines is 3. The zero-order valence-electron chi connectivity index (χ0n) is 15.6. The molecule has 0 atom stereocenters. The van der Waals surface area contributed by atoms with E-state index in [0.29, 0.717) is 29.8 Å². The highest BCUT2D eigenvalue weighted by molar-refractivity contribution is 7.99. The summed E-state index contributed by atoms with van der Waals surface area (Å²) in [5.41, 5.74) is 8.86. The number of nitrogen functional groups attached to an aromatic ring is 1. The maximum Gasteiger partial charge on any atom is 0.232 e. The lowest BCUT2D eigenvalue weighted by atomic mass is 10.2. The number of thioether (sulfide) groups is 1. The number of aryl methyl sites for hydroxylation is 1. The average molecular weight is 395 g/mol. The van der Waals surface area contributed by atoms with Crippen molar-refractivity contribution in [3.63, 3.8) is 0 Å². The van der Waals surface area contributed by atoms with Crippen molar-refractivity contribution in [1.82, 2.24) is 20.3 Å². The van der Waals surface area contributed by atoms with Crippen molar-refractivity contribution >= 4 is 35.3 Å². The number of hydrogen-bond acceptors (Lipinski definition) is 7. The Bertz CT molecular complexity index is 935. The molecule has 4 N–H and O–H groups in total. The van der Waals surface area contributed by atoms with Gasteiger partial charge in [0.15, 0.2) is 0 Å². The van der Waals surface area contributed by atoms with Gasteiger partial charge in [0.2, 0.25) is 17.8 Å². The lowest BCUT2D eigenvalue weighted by Crippen LogP contribution is -2.24. The molecule has 3 aromatic rings. The first kappa shape index (κ1) is 19.6. The SMILES string of the molecule is Cc1ccccc1Nc1nc(N)nc(CSCC(=O)NCc2ccccc2)n1. The summed E-state index contributed by atoms with van der Waals surface area (Å²) in [5, 5.41) is 6.06. The molecule has 0 unspecified atom stereocenters. The van der Waals surface area contributed by atoms with Gasteiger partial charge >= 0.3 is 0 Å². The summed E-state index contributed by atoms with van der Waals surface area (Å²) < 4.78 is 0. The van der Waals surface area contributed by atoms with E-state index in [1.165, 1.54) is 11.8 Å². The number of aromatic nitrogens is 3. The Balaban J connectivity index is 1.51. The van der Waals surface area contributed by atoms with Crippen LogP contribution in [0.2, 0.25) is 0 Å². The molecule has 0 saturated carbocycles. The van der Waals surface area contributed by atoms with Crippen molar-refractivity contribution in [2.24, 2.45) is 0 Å². The third-order valence-corrected chi connectivity index (χ3v) is 4.82. The molecule has 1 aromatic heterocycles. The monoisotopic (exact) mass is 394 g/mol. The molecule has 0 aliphatic carbocycles. The molecule has 1 amide bonds. The van der Waals surface area contributed by atoms with E-state index in [9.17, 15) is 4.79 Å². The van der Waals surface area contributed by atoms with E-state index in [1.807, 2.05) is 61.5 Å². The van der Waals surface area contributed by atoms with Gasteiger partial charge in [0, 0.05) is 12.2 Å². The number of benzene rings is 2. The van der Waals surface area contributed by atoms with Crippen LogP contribution in [0.5, 0.6) is 0 Å². The number of nitrogens with zero attached hydrogens (tertiary/aromatic N) is 3. The van der Waals surface area contributed by atoms with Crippen LogP contribution in [0, 0.1) is 6.92 Å². The Morgan fingerprint density at radius 3 is 2.57 bits per heavy atom. The largest absolute Gasteiger partial charge is 0.368 e. The predicted octanol–water partition coefficient (Wildman–Crippen LogP) is 3.06. The minimum atomic E-state index is -0.0332. The molecule has 2 aromatic carbocycles. The standard InChI is InChI=1S/C20H22N6OS/c1-14-7-5-6-10-16(14)23-20-25-17(24-19(21)26-20)12-28-13-18(27)22-11-15-8-3-2-4-9-15/h2-10H,11-13H2,1H3,(H,22,27)(H3,21,23,24,25,26). The summed E-state index contributed by atoms with van der Waals surface area (Å²) >= 11 is 1.43. The fourth-order valence-electron chi connectivity index (χ4n) is 2.47. The average Bonchev–Trinajstić information content (AvgIpc) is 2.69. The van der Waals surface area contributed by atoms with Crippen molar-refractivity contribution in [2.75, 3.05) is 16.8 Å². The Morgan fingerprint density at radius 2 is 1.79 bits per heavy atom. The normalized spacial score (nSPS) is 10.5. The number of carbonyl (C=O) groups excluding carboxylic acids is 1. The van der Waals surface area contributed by atoms with Gasteiger partial charge in [-0.25, -0.2) is 0 Å². The summed E-state index contributed by atoms with van der Waals surface area (Å²) in [7, 11) is 0. The highest BCUT2D eigenvalue weighted by Crippen LogP contribution is 2.18. The Morgan fingerprint density at radius 1 is 1.04 bits per heavy atom. The highest BCUT2D eigenvalue weighted by atomic mass is 32.2. The van der Waals surface area contributed by atoms with Crippen LogP contribution in [0.25, 0.3) is 0 Å². The number of carbonyl (C=O) groups is 1. The first-order valence-electron chi connectivity index (χ1n) is 8.81. The van der Waals surface area contributed by atoms with E-state index in [4.69, 9.17) is 5.73 Å². The third-order valence-electron chi connectivity index (χ3n) is 3.89. The quantitative estimate of drug-likeness (QED) is 0.539. The fraction of sp³-hybridized carbons (Fsp3) is 0.200. The number of amides is 1. The van der Waals surface area contributed by atoms with E-state index in [1.54, 1.807) is 0 Å². The van der Waals surface area contributed by atoms with Gasteiger partial charge in [0.1, 0.15) is 5.82 Å². The van der Waals surface area contributed by atoms with Crippen LogP contribution in [0.15, 0.2) is 54.6 Å². The second-order valence-corrected chi connectivity index (χ2v) is 7.11. The van der Waals surface area contributed by atoms with Crippen LogP contribution in [0.4, 0.5) is 17.6 Å². The number of para-hydroxylation sites is 1. The van der Waals surface area contributed by atoms with Crippen molar-refractivity contribution in [3.05, 3.63) is 71.5 Å². The van der Waals surface area contributed by atoms with Crippen LogP contribution >= 0.6 is 11.8 Å². The van der Waals surface area contributed by atoms with Crippen LogP contribution in [0.1, 0.15) is 17.0 Å². The van der Waals surface area contributed by atoms with Crippen LogP contribution in [-0.4, -0.2) is 26.6 Å². The van der Waals surface area contributed by atoms with Crippen molar-refractivity contribution in [3.8, 4) is 0 Å². The van der Waals surface area contributed by atoms with Crippen LogP contribution in [0.3, 0.4) is 0 Å². The number of rotatable bonds is 8. The molecular weight excluding hydrogens is 372 g/mol. The first-order valence-corrected chi connectivity index (χ1v) is 9.97. The van der Waals surface area contributed by atoms with Gasteiger partial charge in [0.05, 0.1) is 11.5 Å². The number of hydrogen-bond donors (Lipinski definition) is 3. The first-order chi connectivity index (χ1) is 13.6. The van der Waals surface area contributed by atoms with Gasteiger partial charge < -0.3 is 16.4 Å². The fourth-order valence-corrected chi connectivity index (χ4v) is 3.18. The van der Waals surface area contributed by atoms with Gasteiger partial charge in [0.25, 0.3) is 0 Å². The second kappa shape index (κ2) is 9.70. The van der Waals surface area contributed by atoms with Gasteiger partial charge in [-0.2, -0.15) is 15.0 Å². The molecule has 0 aliphatic rings. The Labute approximate surface area is 168 Å². The van der Waals surface area contributed by atoms with Gasteiger partial charge in [-0.15, -0.1) is 11.8 Å².